The third-order valence-corrected chi connectivity index (χ3v) is 5.81. The fourth-order valence-corrected chi connectivity index (χ4v) is 4.96. The second-order valence-corrected chi connectivity index (χ2v) is 7.19. The lowest BCUT2D eigenvalue weighted by atomic mass is 9.79. The molecule has 7 atom stereocenters. The highest BCUT2D eigenvalue weighted by atomic mass is 16.5. The summed E-state index contributed by atoms with van der Waals surface area (Å²) in [6.45, 7) is 4.62. The molecule has 0 heterocycles. The minimum Gasteiger partial charge on any atom is -0.452 e. The van der Waals surface area contributed by atoms with Crippen LogP contribution in [0.4, 0.5) is 0 Å². The number of aliphatic hydroxyl groups is 1. The maximum atomic E-state index is 12.1. The Morgan fingerprint density at radius 2 is 2.04 bits per heavy atom. The molecule has 6 nitrogen and oxygen atoms in total. The van der Waals surface area contributed by atoms with Crippen molar-refractivity contribution in [1.29, 1.82) is 0 Å². The van der Waals surface area contributed by atoms with Crippen molar-refractivity contribution in [3.8, 4) is 0 Å². The van der Waals surface area contributed by atoms with E-state index in [2.05, 4.69) is 11.9 Å². The van der Waals surface area contributed by atoms with Crippen molar-refractivity contribution in [2.75, 3.05) is 6.61 Å². The van der Waals surface area contributed by atoms with E-state index in [-0.39, 0.29) is 48.0 Å². The molecule has 2 N–H and O–H groups in total. The summed E-state index contributed by atoms with van der Waals surface area (Å²) in [7, 11) is 0. The Morgan fingerprint density at radius 1 is 1.30 bits per heavy atom. The number of esters is 1. The maximum absolute atomic E-state index is 12.1. The van der Waals surface area contributed by atoms with Gasteiger partial charge in [-0.1, -0.05) is 6.58 Å². The van der Waals surface area contributed by atoms with Crippen LogP contribution < -0.4 is 5.32 Å². The van der Waals surface area contributed by atoms with Gasteiger partial charge in [-0.05, 0) is 49.9 Å². The van der Waals surface area contributed by atoms with Crippen LogP contribution >= 0.6 is 0 Å². The number of rotatable bonds is 5. The molecule has 0 aromatic rings. The van der Waals surface area contributed by atoms with Crippen molar-refractivity contribution in [1.82, 2.24) is 5.32 Å². The Balaban J connectivity index is 1.62. The van der Waals surface area contributed by atoms with Crippen LogP contribution in [0.3, 0.4) is 0 Å². The number of hydrogen-bond donors (Lipinski definition) is 2. The number of carbonyl (C=O) groups is 3. The zero-order valence-electron chi connectivity index (χ0n) is 13.2. The van der Waals surface area contributed by atoms with Crippen LogP contribution in [-0.4, -0.2) is 42.0 Å². The Bertz CT molecular complexity index is 545. The summed E-state index contributed by atoms with van der Waals surface area (Å²) in [4.78, 5) is 34.8. The molecule has 0 aliphatic heterocycles. The first-order chi connectivity index (χ1) is 10.9. The minimum absolute atomic E-state index is 0.212. The molecule has 0 aromatic carbocycles. The summed E-state index contributed by atoms with van der Waals surface area (Å²) in [5.41, 5.74) is 0.242. The van der Waals surface area contributed by atoms with E-state index >= 15 is 0 Å². The lowest BCUT2D eigenvalue weighted by molar-refractivity contribution is -0.145. The highest BCUT2D eigenvalue weighted by Gasteiger charge is 2.59. The molecule has 3 saturated carbocycles. The maximum Gasteiger partial charge on any atom is 0.333 e. The second kappa shape index (κ2) is 6.07. The van der Waals surface area contributed by atoms with Gasteiger partial charge in [-0.3, -0.25) is 4.79 Å². The van der Waals surface area contributed by atoms with E-state index in [4.69, 9.17) is 4.74 Å². The normalized spacial score (nSPS) is 40.5. The van der Waals surface area contributed by atoms with Crippen LogP contribution in [0.25, 0.3) is 0 Å². The first-order valence-corrected chi connectivity index (χ1v) is 8.17. The van der Waals surface area contributed by atoms with Gasteiger partial charge in [0.1, 0.15) is 6.29 Å². The predicted molar refractivity (Wildman–Crippen MR) is 81.1 cm³/mol. The SMILES string of the molecule is C=C(C)C(=O)OCC(=O)NC1C(C=O)CC2C3CC(CC3O)C21. The van der Waals surface area contributed by atoms with Crippen LogP contribution in [0.5, 0.6) is 0 Å². The van der Waals surface area contributed by atoms with Crippen LogP contribution in [-0.2, 0) is 19.1 Å². The molecular weight excluding hydrogens is 298 g/mol. The molecule has 7 unspecified atom stereocenters. The standard InChI is InChI=1S/C17H23NO5/c1-8(2)17(22)23-7-14(21)18-16-10(6-19)4-12-11-3-9(15(12)16)5-13(11)20/h6,9-13,15-16,20H,1,3-5,7H2,2H3,(H,18,21). The van der Waals surface area contributed by atoms with Gasteiger partial charge in [-0.2, -0.15) is 0 Å². The van der Waals surface area contributed by atoms with Gasteiger partial charge in [-0.15, -0.1) is 0 Å². The molecule has 6 heteroatoms. The predicted octanol–water partition coefficient (Wildman–Crippen LogP) is 0.442. The second-order valence-electron chi connectivity index (χ2n) is 7.19. The number of ether oxygens (including phenoxy) is 1. The van der Waals surface area contributed by atoms with E-state index in [0.717, 1.165) is 25.5 Å². The van der Waals surface area contributed by atoms with E-state index < -0.39 is 5.97 Å². The molecule has 0 spiro atoms. The molecular formula is C17H23NO5. The molecule has 23 heavy (non-hydrogen) atoms. The minimum atomic E-state index is -0.598. The summed E-state index contributed by atoms with van der Waals surface area (Å²) in [6, 6.07) is -0.212. The zero-order chi connectivity index (χ0) is 16.7. The lowest BCUT2D eigenvalue weighted by Gasteiger charge is -2.32. The van der Waals surface area contributed by atoms with E-state index in [0.29, 0.717) is 11.8 Å². The molecule has 3 rings (SSSR count). The number of nitrogens with one attached hydrogen (secondary N) is 1. The van der Waals surface area contributed by atoms with Crippen molar-refractivity contribution in [2.45, 2.75) is 38.3 Å². The van der Waals surface area contributed by atoms with E-state index in [1.807, 2.05) is 0 Å². The summed E-state index contributed by atoms with van der Waals surface area (Å²) < 4.78 is 4.86. The van der Waals surface area contributed by atoms with E-state index in [9.17, 15) is 19.5 Å². The summed E-state index contributed by atoms with van der Waals surface area (Å²) >= 11 is 0. The number of hydrogen-bond acceptors (Lipinski definition) is 5. The number of aldehydes is 1. The smallest absolute Gasteiger partial charge is 0.333 e. The number of amides is 1. The molecule has 3 fully saturated rings. The highest BCUT2D eigenvalue weighted by Crippen LogP contribution is 2.59. The van der Waals surface area contributed by atoms with Crippen molar-refractivity contribution in [3.63, 3.8) is 0 Å². The van der Waals surface area contributed by atoms with Crippen molar-refractivity contribution in [2.24, 2.45) is 29.6 Å². The molecule has 0 radical (unpaired) electrons. The Hall–Kier alpha value is -1.69. The van der Waals surface area contributed by atoms with Gasteiger partial charge in [0.25, 0.3) is 5.91 Å². The summed E-state index contributed by atoms with van der Waals surface area (Å²) in [5.74, 6) is -0.0216. The molecule has 0 saturated heterocycles. The lowest BCUT2D eigenvalue weighted by Crippen LogP contribution is -2.46. The van der Waals surface area contributed by atoms with Crippen LogP contribution in [0, 0.1) is 29.6 Å². The van der Waals surface area contributed by atoms with Gasteiger partial charge in [0, 0.05) is 17.5 Å². The molecule has 3 aliphatic rings. The summed E-state index contributed by atoms with van der Waals surface area (Å²) in [5, 5.41) is 12.9. The monoisotopic (exact) mass is 321 g/mol. The fourth-order valence-electron chi connectivity index (χ4n) is 4.96. The van der Waals surface area contributed by atoms with Crippen molar-refractivity contribution in [3.05, 3.63) is 12.2 Å². The fraction of sp³-hybridized carbons (Fsp3) is 0.706. The Kier molecular flexibility index (Phi) is 4.27. The first-order valence-electron chi connectivity index (χ1n) is 8.17. The average Bonchev–Trinajstić information content (AvgIpc) is 3.14. The van der Waals surface area contributed by atoms with Crippen molar-refractivity contribution >= 4 is 18.2 Å². The third kappa shape index (κ3) is 2.80. The Labute approximate surface area is 135 Å². The summed E-state index contributed by atoms with van der Waals surface area (Å²) in [6.07, 6.45) is 3.12. The molecule has 3 aliphatic carbocycles. The molecule has 1 amide bonds. The van der Waals surface area contributed by atoms with Gasteiger partial charge in [0.05, 0.1) is 6.10 Å². The zero-order valence-corrected chi connectivity index (χ0v) is 13.2. The first kappa shape index (κ1) is 16.2. The van der Waals surface area contributed by atoms with Crippen LogP contribution in [0.2, 0.25) is 0 Å². The molecule has 2 bridgehead atoms. The van der Waals surface area contributed by atoms with Gasteiger partial charge < -0.3 is 20.0 Å². The van der Waals surface area contributed by atoms with Gasteiger partial charge in [-0.25, -0.2) is 4.79 Å². The number of fused-ring (bicyclic) bond motifs is 5. The van der Waals surface area contributed by atoms with E-state index in [1.165, 1.54) is 6.92 Å². The van der Waals surface area contributed by atoms with Crippen LogP contribution in [0.15, 0.2) is 12.2 Å². The van der Waals surface area contributed by atoms with Gasteiger partial charge in [0.15, 0.2) is 6.61 Å². The quantitative estimate of drug-likeness (QED) is 0.435. The number of aliphatic hydroxyl groups excluding tert-OH is 1. The van der Waals surface area contributed by atoms with Gasteiger partial charge in [0.2, 0.25) is 0 Å². The Morgan fingerprint density at radius 3 is 2.70 bits per heavy atom. The molecule has 126 valence electrons. The molecule has 0 aromatic heterocycles. The third-order valence-electron chi connectivity index (χ3n) is 5.81. The highest BCUT2D eigenvalue weighted by molar-refractivity contribution is 5.89. The van der Waals surface area contributed by atoms with Crippen molar-refractivity contribution < 1.29 is 24.2 Å². The largest absolute Gasteiger partial charge is 0.452 e. The van der Waals surface area contributed by atoms with Crippen LogP contribution in [0.1, 0.15) is 26.2 Å². The topological polar surface area (TPSA) is 92.7 Å². The van der Waals surface area contributed by atoms with Gasteiger partial charge >= 0.3 is 5.97 Å². The number of carbonyl (C=O) groups excluding carboxylic acids is 3. The van der Waals surface area contributed by atoms with E-state index in [1.54, 1.807) is 0 Å². The average molecular weight is 321 g/mol.